The van der Waals surface area contributed by atoms with E-state index in [-0.39, 0.29) is 0 Å². The lowest BCUT2D eigenvalue weighted by Gasteiger charge is -2.26. The molecule has 13 heavy (non-hydrogen) atoms. The number of hydrogen-bond donors (Lipinski definition) is 1. The number of hydrogen-bond acceptors (Lipinski definition) is 2. The van der Waals surface area contributed by atoms with Crippen molar-refractivity contribution < 1.29 is 0 Å². The molecule has 0 radical (unpaired) electrons. The number of nitrogens with two attached hydrogens (primary N) is 1. The van der Waals surface area contributed by atoms with Crippen LogP contribution in [0, 0.1) is 3.57 Å². The quantitative estimate of drug-likeness (QED) is 0.803. The summed E-state index contributed by atoms with van der Waals surface area (Å²) in [7, 11) is 0. The Morgan fingerprint density at radius 3 is 2.62 bits per heavy atom. The van der Waals surface area contributed by atoms with Crippen molar-refractivity contribution in [3.05, 3.63) is 16.0 Å². The van der Waals surface area contributed by atoms with Crippen LogP contribution >= 0.6 is 22.6 Å². The molecule has 1 saturated carbocycles. The smallest absolute Gasteiger partial charge is 0.0623 e. The Balaban J connectivity index is 2.02. The first-order valence-electron chi connectivity index (χ1n) is 4.71. The van der Waals surface area contributed by atoms with Gasteiger partial charge in [-0.2, -0.15) is 5.10 Å². The van der Waals surface area contributed by atoms with Crippen molar-refractivity contribution in [3.8, 4) is 0 Å². The van der Waals surface area contributed by atoms with Gasteiger partial charge < -0.3 is 5.73 Å². The molecule has 1 heterocycles. The van der Waals surface area contributed by atoms with Gasteiger partial charge in [-0.15, -0.1) is 0 Å². The minimum absolute atomic E-state index is 0.422. The lowest BCUT2D eigenvalue weighted by molar-refractivity contribution is 0.304. The van der Waals surface area contributed by atoms with Crippen molar-refractivity contribution in [1.82, 2.24) is 9.78 Å². The Bertz CT molecular complexity index is 276. The van der Waals surface area contributed by atoms with Crippen molar-refractivity contribution in [1.29, 1.82) is 0 Å². The summed E-state index contributed by atoms with van der Waals surface area (Å²) >= 11 is 2.29. The molecule has 0 atom stereocenters. The molecular weight excluding hydrogens is 277 g/mol. The molecule has 0 aliphatic heterocycles. The zero-order valence-corrected chi connectivity index (χ0v) is 9.65. The fourth-order valence-corrected chi connectivity index (χ4v) is 2.29. The maximum atomic E-state index is 5.85. The zero-order chi connectivity index (χ0) is 9.26. The lowest BCUT2D eigenvalue weighted by atomic mass is 9.92. The van der Waals surface area contributed by atoms with Crippen molar-refractivity contribution in [2.45, 2.75) is 37.8 Å². The molecule has 0 saturated heterocycles. The summed E-state index contributed by atoms with van der Waals surface area (Å²) in [5.74, 6) is 0. The largest absolute Gasteiger partial charge is 0.328 e. The van der Waals surface area contributed by atoms with E-state index in [1.54, 1.807) is 0 Å². The van der Waals surface area contributed by atoms with Gasteiger partial charge in [0.05, 0.1) is 15.8 Å². The first kappa shape index (κ1) is 9.45. The van der Waals surface area contributed by atoms with E-state index in [2.05, 4.69) is 38.6 Å². The minimum Gasteiger partial charge on any atom is -0.328 e. The molecule has 72 valence electrons. The molecule has 0 bridgehead atoms. The highest BCUT2D eigenvalue weighted by atomic mass is 127. The number of rotatable bonds is 1. The summed E-state index contributed by atoms with van der Waals surface area (Å²) in [4.78, 5) is 0. The standard InChI is InChI=1S/C9H14IN3/c10-7-5-12-13(6-7)9-3-1-8(11)2-4-9/h5-6,8-9H,1-4,11H2. The normalized spacial score (nSPS) is 29.1. The average molecular weight is 291 g/mol. The lowest BCUT2D eigenvalue weighted by Crippen LogP contribution is -2.27. The molecule has 1 aliphatic rings. The van der Waals surface area contributed by atoms with Gasteiger partial charge in [0.15, 0.2) is 0 Å². The molecule has 2 rings (SSSR count). The minimum atomic E-state index is 0.422. The second kappa shape index (κ2) is 3.96. The van der Waals surface area contributed by atoms with Crippen LogP contribution in [0.5, 0.6) is 0 Å². The second-order valence-electron chi connectivity index (χ2n) is 3.71. The zero-order valence-electron chi connectivity index (χ0n) is 7.49. The molecule has 4 heteroatoms. The highest BCUT2D eigenvalue weighted by Crippen LogP contribution is 2.27. The van der Waals surface area contributed by atoms with E-state index in [1.165, 1.54) is 16.4 Å². The van der Waals surface area contributed by atoms with Gasteiger partial charge in [-0.25, -0.2) is 0 Å². The molecule has 1 fully saturated rings. The summed E-state index contributed by atoms with van der Waals surface area (Å²) in [6.07, 6.45) is 8.66. The van der Waals surface area contributed by atoms with Gasteiger partial charge in [-0.1, -0.05) is 0 Å². The van der Waals surface area contributed by atoms with Crippen molar-refractivity contribution in [3.63, 3.8) is 0 Å². The summed E-state index contributed by atoms with van der Waals surface area (Å²) < 4.78 is 3.31. The van der Waals surface area contributed by atoms with Crippen LogP contribution in [-0.2, 0) is 0 Å². The van der Waals surface area contributed by atoms with Crippen LogP contribution < -0.4 is 5.73 Å². The highest BCUT2D eigenvalue weighted by Gasteiger charge is 2.20. The Kier molecular flexibility index (Phi) is 2.88. The topological polar surface area (TPSA) is 43.8 Å². The van der Waals surface area contributed by atoms with Gasteiger partial charge in [-0.3, -0.25) is 4.68 Å². The van der Waals surface area contributed by atoms with Crippen LogP contribution in [0.3, 0.4) is 0 Å². The Labute approximate surface area is 91.8 Å². The fraction of sp³-hybridized carbons (Fsp3) is 0.667. The molecule has 1 aromatic heterocycles. The molecule has 1 aliphatic carbocycles. The van der Waals surface area contributed by atoms with Gasteiger partial charge in [-0.05, 0) is 48.3 Å². The molecule has 3 nitrogen and oxygen atoms in total. The Morgan fingerprint density at radius 2 is 2.08 bits per heavy atom. The van der Waals surface area contributed by atoms with Crippen LogP contribution in [0.15, 0.2) is 12.4 Å². The molecule has 0 aromatic carbocycles. The van der Waals surface area contributed by atoms with Crippen LogP contribution in [-0.4, -0.2) is 15.8 Å². The van der Waals surface area contributed by atoms with Crippen molar-refractivity contribution >= 4 is 22.6 Å². The third kappa shape index (κ3) is 2.22. The van der Waals surface area contributed by atoms with E-state index in [9.17, 15) is 0 Å². The molecular formula is C9H14IN3. The Morgan fingerprint density at radius 1 is 1.38 bits per heavy atom. The van der Waals surface area contributed by atoms with Gasteiger partial charge in [0.25, 0.3) is 0 Å². The number of nitrogens with zero attached hydrogens (tertiary/aromatic N) is 2. The number of aromatic nitrogens is 2. The molecule has 2 N–H and O–H groups in total. The van der Waals surface area contributed by atoms with Gasteiger partial charge in [0.1, 0.15) is 0 Å². The maximum absolute atomic E-state index is 5.85. The van der Waals surface area contributed by atoms with Gasteiger partial charge >= 0.3 is 0 Å². The number of halogens is 1. The van der Waals surface area contributed by atoms with Crippen LogP contribution in [0.4, 0.5) is 0 Å². The highest BCUT2D eigenvalue weighted by molar-refractivity contribution is 14.1. The van der Waals surface area contributed by atoms with E-state index in [1.807, 2.05) is 6.20 Å². The maximum Gasteiger partial charge on any atom is 0.0623 e. The summed E-state index contributed by atoms with van der Waals surface area (Å²) in [5.41, 5.74) is 5.85. The SMILES string of the molecule is NC1CCC(n2cc(I)cn2)CC1. The first-order valence-corrected chi connectivity index (χ1v) is 5.79. The van der Waals surface area contributed by atoms with E-state index >= 15 is 0 Å². The molecule has 0 unspecified atom stereocenters. The van der Waals surface area contributed by atoms with Crippen LogP contribution in [0.1, 0.15) is 31.7 Å². The molecule has 1 aromatic rings. The van der Waals surface area contributed by atoms with E-state index in [4.69, 9.17) is 5.73 Å². The first-order chi connectivity index (χ1) is 6.25. The van der Waals surface area contributed by atoms with Gasteiger partial charge in [0.2, 0.25) is 0 Å². The summed E-state index contributed by atoms with van der Waals surface area (Å²) in [5, 5.41) is 4.33. The predicted octanol–water partition coefficient (Wildman–Crippen LogP) is 1.93. The van der Waals surface area contributed by atoms with Crippen LogP contribution in [0.2, 0.25) is 0 Å². The summed E-state index contributed by atoms with van der Waals surface area (Å²) in [6.45, 7) is 0. The van der Waals surface area contributed by atoms with Crippen molar-refractivity contribution in [2.24, 2.45) is 5.73 Å². The Hall–Kier alpha value is -0.100. The van der Waals surface area contributed by atoms with E-state index in [0.29, 0.717) is 12.1 Å². The van der Waals surface area contributed by atoms with E-state index in [0.717, 1.165) is 12.8 Å². The van der Waals surface area contributed by atoms with Crippen molar-refractivity contribution in [2.75, 3.05) is 0 Å². The van der Waals surface area contributed by atoms with Crippen LogP contribution in [0.25, 0.3) is 0 Å². The van der Waals surface area contributed by atoms with Gasteiger partial charge in [0, 0.05) is 12.2 Å². The fourth-order valence-electron chi connectivity index (χ4n) is 1.88. The predicted molar refractivity (Wildman–Crippen MR) is 60.4 cm³/mol. The monoisotopic (exact) mass is 291 g/mol. The summed E-state index contributed by atoms with van der Waals surface area (Å²) in [6, 6.07) is 1.01. The molecule has 0 amide bonds. The average Bonchev–Trinajstić information content (AvgIpc) is 2.53. The second-order valence-corrected chi connectivity index (χ2v) is 4.95. The molecule has 0 spiro atoms. The third-order valence-electron chi connectivity index (χ3n) is 2.69. The van der Waals surface area contributed by atoms with E-state index < -0.39 is 0 Å². The third-order valence-corrected chi connectivity index (χ3v) is 3.24.